The Morgan fingerprint density at radius 3 is 2.33 bits per heavy atom. The predicted molar refractivity (Wildman–Crippen MR) is 41.0 cm³/mol. The van der Waals surface area contributed by atoms with Gasteiger partial charge in [-0.1, -0.05) is 6.92 Å². The zero-order chi connectivity index (χ0) is 6.85. The Morgan fingerprint density at radius 1 is 1.44 bits per heavy atom. The molecule has 1 rings (SSSR count). The minimum Gasteiger partial charge on any atom is -0.246 e. The number of aromatic nitrogens is 1. The number of rotatable bonds is 1. The van der Waals surface area contributed by atoms with Gasteiger partial charge in [-0.15, -0.1) is 11.3 Å². The van der Waals surface area contributed by atoms with Crippen molar-refractivity contribution in [1.82, 2.24) is 4.98 Å². The molecule has 1 aromatic heterocycles. The lowest BCUT2D eigenvalue weighted by Gasteiger charge is -1.79. The zero-order valence-electron chi connectivity index (χ0n) is 6.06. The van der Waals surface area contributed by atoms with Gasteiger partial charge in [0.25, 0.3) is 0 Å². The van der Waals surface area contributed by atoms with Gasteiger partial charge in [-0.05, 0) is 20.3 Å². The van der Waals surface area contributed by atoms with Crippen LogP contribution in [0.1, 0.15) is 22.5 Å². The fourth-order valence-electron chi connectivity index (χ4n) is 0.690. The lowest BCUT2D eigenvalue weighted by atomic mass is 10.4. The molecule has 1 aromatic rings. The highest BCUT2D eigenvalue weighted by Gasteiger charge is 1.98. The van der Waals surface area contributed by atoms with Crippen molar-refractivity contribution in [2.75, 3.05) is 0 Å². The molecule has 9 heavy (non-hydrogen) atoms. The van der Waals surface area contributed by atoms with Crippen molar-refractivity contribution in [2.24, 2.45) is 0 Å². The predicted octanol–water partition coefficient (Wildman–Crippen LogP) is 2.32. The van der Waals surface area contributed by atoms with Crippen LogP contribution in [0.4, 0.5) is 0 Å². The smallest absolute Gasteiger partial charge is 0.0928 e. The molecule has 0 radical (unpaired) electrons. The largest absolute Gasteiger partial charge is 0.246 e. The minimum atomic E-state index is 1.07. The third-order valence-electron chi connectivity index (χ3n) is 1.38. The Labute approximate surface area is 59.8 Å². The van der Waals surface area contributed by atoms with E-state index in [9.17, 15) is 0 Å². The molecule has 0 fully saturated rings. The number of nitrogens with zero attached hydrogens (tertiary/aromatic N) is 1. The fourth-order valence-corrected chi connectivity index (χ4v) is 1.56. The molecule has 0 aliphatic heterocycles. The van der Waals surface area contributed by atoms with E-state index in [0.717, 1.165) is 6.42 Å². The van der Waals surface area contributed by atoms with E-state index in [4.69, 9.17) is 0 Å². The molecule has 0 aromatic carbocycles. The first-order valence-corrected chi connectivity index (χ1v) is 3.98. The number of aryl methyl sites for hydroxylation is 3. The average Bonchev–Trinajstić information content (AvgIpc) is 2.13. The topological polar surface area (TPSA) is 12.9 Å². The van der Waals surface area contributed by atoms with Crippen molar-refractivity contribution >= 4 is 11.3 Å². The van der Waals surface area contributed by atoms with Gasteiger partial charge in [0.2, 0.25) is 0 Å². The van der Waals surface area contributed by atoms with E-state index in [1.54, 1.807) is 11.3 Å². The lowest BCUT2D eigenvalue weighted by molar-refractivity contribution is 1.06. The highest BCUT2D eigenvalue weighted by atomic mass is 32.1. The van der Waals surface area contributed by atoms with Crippen LogP contribution in [0.15, 0.2) is 0 Å². The summed E-state index contributed by atoms with van der Waals surface area (Å²) in [6, 6.07) is 0. The van der Waals surface area contributed by atoms with Gasteiger partial charge in [-0.25, -0.2) is 4.98 Å². The van der Waals surface area contributed by atoms with Gasteiger partial charge in [-0.3, -0.25) is 0 Å². The Bertz CT molecular complexity index is 183. The maximum atomic E-state index is 4.35. The Morgan fingerprint density at radius 2 is 2.11 bits per heavy atom. The molecular formula is C7H11NS. The molecule has 0 aliphatic rings. The third-order valence-corrected chi connectivity index (χ3v) is 2.59. The van der Waals surface area contributed by atoms with E-state index < -0.39 is 0 Å². The number of hydrogen-bond acceptors (Lipinski definition) is 2. The standard InChI is InChI=1S/C7H11NS/c1-4-7-8-5(2)6(3)9-7/h4H2,1-3H3. The molecule has 0 unspecified atom stereocenters. The van der Waals surface area contributed by atoms with Crippen LogP contribution >= 0.6 is 11.3 Å². The van der Waals surface area contributed by atoms with Gasteiger partial charge in [0.05, 0.1) is 10.7 Å². The molecule has 0 N–H and O–H groups in total. The fraction of sp³-hybridized carbons (Fsp3) is 0.571. The second kappa shape index (κ2) is 2.48. The van der Waals surface area contributed by atoms with Crippen molar-refractivity contribution in [3.8, 4) is 0 Å². The van der Waals surface area contributed by atoms with Crippen LogP contribution in [0.3, 0.4) is 0 Å². The van der Waals surface area contributed by atoms with Crippen LogP contribution in [0.2, 0.25) is 0 Å². The van der Waals surface area contributed by atoms with Crippen molar-refractivity contribution < 1.29 is 0 Å². The number of thiazole rings is 1. The number of hydrogen-bond donors (Lipinski definition) is 0. The molecule has 50 valence electrons. The third kappa shape index (κ3) is 1.30. The second-order valence-corrected chi connectivity index (χ2v) is 3.39. The Balaban J connectivity index is 2.98. The van der Waals surface area contributed by atoms with Gasteiger partial charge in [0, 0.05) is 4.88 Å². The van der Waals surface area contributed by atoms with E-state index in [0.29, 0.717) is 0 Å². The highest BCUT2D eigenvalue weighted by Crippen LogP contribution is 2.15. The summed E-state index contributed by atoms with van der Waals surface area (Å²) in [6.45, 7) is 6.31. The summed E-state index contributed by atoms with van der Waals surface area (Å²) in [4.78, 5) is 5.70. The quantitative estimate of drug-likeness (QED) is 0.585. The first-order valence-electron chi connectivity index (χ1n) is 3.17. The molecule has 2 heteroatoms. The summed E-state index contributed by atoms with van der Waals surface area (Å²) in [5.74, 6) is 0. The highest BCUT2D eigenvalue weighted by molar-refractivity contribution is 7.11. The van der Waals surface area contributed by atoms with Gasteiger partial charge in [-0.2, -0.15) is 0 Å². The van der Waals surface area contributed by atoms with Crippen molar-refractivity contribution in [3.63, 3.8) is 0 Å². The maximum Gasteiger partial charge on any atom is 0.0928 e. The first-order chi connectivity index (χ1) is 4.24. The molecule has 0 spiro atoms. The Kier molecular flexibility index (Phi) is 1.86. The summed E-state index contributed by atoms with van der Waals surface area (Å²) in [5.41, 5.74) is 1.19. The molecular weight excluding hydrogens is 130 g/mol. The van der Waals surface area contributed by atoms with Crippen LogP contribution in [0.25, 0.3) is 0 Å². The lowest BCUT2D eigenvalue weighted by Crippen LogP contribution is -1.76. The maximum absolute atomic E-state index is 4.35. The molecule has 0 bridgehead atoms. The zero-order valence-corrected chi connectivity index (χ0v) is 6.88. The second-order valence-electron chi connectivity index (χ2n) is 2.10. The summed E-state index contributed by atoms with van der Waals surface area (Å²) >= 11 is 1.80. The molecule has 0 atom stereocenters. The van der Waals surface area contributed by atoms with E-state index in [2.05, 4.69) is 25.8 Å². The van der Waals surface area contributed by atoms with E-state index in [1.165, 1.54) is 15.6 Å². The van der Waals surface area contributed by atoms with Gasteiger partial charge >= 0.3 is 0 Å². The van der Waals surface area contributed by atoms with Crippen LogP contribution < -0.4 is 0 Å². The van der Waals surface area contributed by atoms with Crippen molar-refractivity contribution in [3.05, 3.63) is 15.6 Å². The van der Waals surface area contributed by atoms with Crippen molar-refractivity contribution in [2.45, 2.75) is 27.2 Å². The summed E-state index contributed by atoms with van der Waals surface area (Å²) < 4.78 is 0. The normalized spacial score (nSPS) is 10.1. The van der Waals surface area contributed by atoms with E-state index in [1.807, 2.05) is 0 Å². The SMILES string of the molecule is CCc1nc(C)c(C)s1. The van der Waals surface area contributed by atoms with Gasteiger partial charge < -0.3 is 0 Å². The first kappa shape index (κ1) is 6.75. The molecule has 1 heterocycles. The summed E-state index contributed by atoms with van der Waals surface area (Å²) in [5, 5.41) is 1.25. The minimum absolute atomic E-state index is 1.07. The summed E-state index contributed by atoms with van der Waals surface area (Å²) in [6.07, 6.45) is 1.07. The van der Waals surface area contributed by atoms with E-state index in [-0.39, 0.29) is 0 Å². The van der Waals surface area contributed by atoms with Crippen LogP contribution in [-0.2, 0) is 6.42 Å². The van der Waals surface area contributed by atoms with Crippen LogP contribution in [0.5, 0.6) is 0 Å². The van der Waals surface area contributed by atoms with Crippen molar-refractivity contribution in [1.29, 1.82) is 0 Å². The van der Waals surface area contributed by atoms with E-state index >= 15 is 0 Å². The molecule has 1 nitrogen and oxygen atoms in total. The molecule has 0 amide bonds. The van der Waals surface area contributed by atoms with Gasteiger partial charge in [0.15, 0.2) is 0 Å². The monoisotopic (exact) mass is 141 g/mol. The average molecular weight is 141 g/mol. The Hall–Kier alpha value is -0.370. The van der Waals surface area contributed by atoms with Gasteiger partial charge in [0.1, 0.15) is 0 Å². The van der Waals surface area contributed by atoms with Crippen LogP contribution in [-0.4, -0.2) is 4.98 Å². The molecule has 0 saturated carbocycles. The molecule has 0 saturated heterocycles. The van der Waals surface area contributed by atoms with Crippen LogP contribution in [0, 0.1) is 13.8 Å². The summed E-state index contributed by atoms with van der Waals surface area (Å²) in [7, 11) is 0. The molecule has 0 aliphatic carbocycles.